The SMILES string of the molecule is FC(CCc1ccccc1Cl)C(F)(F)F. The molecule has 5 heteroatoms. The molecule has 0 aliphatic carbocycles. The number of halogens is 5. The van der Waals surface area contributed by atoms with Crippen molar-refractivity contribution in [2.24, 2.45) is 0 Å². The van der Waals surface area contributed by atoms with Gasteiger partial charge in [0.15, 0.2) is 6.17 Å². The highest BCUT2D eigenvalue weighted by molar-refractivity contribution is 6.31. The van der Waals surface area contributed by atoms with E-state index in [-0.39, 0.29) is 6.42 Å². The Morgan fingerprint density at radius 3 is 2.33 bits per heavy atom. The molecule has 0 fully saturated rings. The second-order valence-electron chi connectivity index (χ2n) is 3.14. The number of hydrogen-bond acceptors (Lipinski definition) is 0. The molecular weight excluding hydrogens is 232 g/mol. The maximum atomic E-state index is 12.6. The van der Waals surface area contributed by atoms with Gasteiger partial charge in [-0.2, -0.15) is 13.2 Å². The van der Waals surface area contributed by atoms with Crippen LogP contribution in [0.1, 0.15) is 12.0 Å². The minimum absolute atomic E-state index is 0.0135. The molecule has 0 saturated carbocycles. The van der Waals surface area contributed by atoms with Gasteiger partial charge >= 0.3 is 6.18 Å². The van der Waals surface area contributed by atoms with Crippen molar-refractivity contribution in [2.45, 2.75) is 25.2 Å². The average Bonchev–Trinajstić information content (AvgIpc) is 2.14. The van der Waals surface area contributed by atoms with Crippen molar-refractivity contribution in [3.63, 3.8) is 0 Å². The fourth-order valence-electron chi connectivity index (χ4n) is 1.15. The van der Waals surface area contributed by atoms with Gasteiger partial charge in [0.2, 0.25) is 0 Å². The maximum Gasteiger partial charge on any atom is 0.419 e. The molecule has 0 radical (unpaired) electrons. The van der Waals surface area contributed by atoms with Gasteiger partial charge in [-0.05, 0) is 24.5 Å². The summed E-state index contributed by atoms with van der Waals surface area (Å²) in [6.45, 7) is 0. The van der Waals surface area contributed by atoms with Crippen molar-refractivity contribution < 1.29 is 17.6 Å². The zero-order chi connectivity index (χ0) is 11.5. The van der Waals surface area contributed by atoms with Gasteiger partial charge in [-0.25, -0.2) is 4.39 Å². The highest BCUT2D eigenvalue weighted by atomic mass is 35.5. The van der Waals surface area contributed by atoms with Crippen LogP contribution >= 0.6 is 11.6 Å². The highest BCUT2D eigenvalue weighted by Gasteiger charge is 2.39. The van der Waals surface area contributed by atoms with E-state index in [0.717, 1.165) is 0 Å². The van der Waals surface area contributed by atoms with E-state index in [0.29, 0.717) is 10.6 Å². The normalized spacial score (nSPS) is 13.9. The summed E-state index contributed by atoms with van der Waals surface area (Å²) in [5, 5.41) is 0.367. The van der Waals surface area contributed by atoms with E-state index in [1.165, 1.54) is 0 Å². The molecule has 1 atom stereocenters. The van der Waals surface area contributed by atoms with Crippen LogP contribution in [0.2, 0.25) is 5.02 Å². The van der Waals surface area contributed by atoms with Gasteiger partial charge in [-0.3, -0.25) is 0 Å². The first-order chi connectivity index (χ1) is 6.91. The van der Waals surface area contributed by atoms with Crippen LogP contribution in [0.3, 0.4) is 0 Å². The zero-order valence-corrected chi connectivity index (χ0v) is 8.45. The Labute approximate surface area is 89.9 Å². The molecule has 0 aliphatic rings. The summed E-state index contributed by atoms with van der Waals surface area (Å²) in [6.07, 6.45) is -8.16. The number of hydrogen-bond donors (Lipinski definition) is 0. The van der Waals surface area contributed by atoms with Gasteiger partial charge in [-0.1, -0.05) is 29.8 Å². The Balaban J connectivity index is 2.55. The first-order valence-electron chi connectivity index (χ1n) is 4.35. The molecule has 1 aromatic rings. The molecule has 1 aromatic carbocycles. The van der Waals surface area contributed by atoms with E-state index < -0.39 is 18.8 Å². The van der Waals surface area contributed by atoms with Gasteiger partial charge in [0.25, 0.3) is 0 Å². The Morgan fingerprint density at radius 1 is 1.20 bits per heavy atom. The van der Waals surface area contributed by atoms with Crippen molar-refractivity contribution in [3.05, 3.63) is 34.9 Å². The van der Waals surface area contributed by atoms with Gasteiger partial charge in [0.05, 0.1) is 0 Å². The van der Waals surface area contributed by atoms with Crippen LogP contribution in [-0.4, -0.2) is 12.3 Å². The third-order valence-electron chi connectivity index (χ3n) is 1.98. The van der Waals surface area contributed by atoms with Gasteiger partial charge < -0.3 is 0 Å². The maximum absolute atomic E-state index is 12.6. The molecule has 0 saturated heterocycles. The van der Waals surface area contributed by atoms with Gasteiger partial charge in [0.1, 0.15) is 0 Å². The highest BCUT2D eigenvalue weighted by Crippen LogP contribution is 2.27. The molecule has 0 nitrogen and oxygen atoms in total. The molecule has 0 aromatic heterocycles. The average molecular weight is 241 g/mol. The second kappa shape index (κ2) is 4.84. The lowest BCUT2D eigenvalue weighted by atomic mass is 10.1. The first-order valence-corrected chi connectivity index (χ1v) is 4.73. The van der Waals surface area contributed by atoms with Crippen LogP contribution in [-0.2, 0) is 6.42 Å². The Morgan fingerprint density at radius 2 is 1.80 bits per heavy atom. The largest absolute Gasteiger partial charge is 0.419 e. The molecule has 0 bridgehead atoms. The summed E-state index contributed by atoms with van der Waals surface area (Å²) in [4.78, 5) is 0. The summed E-state index contributed by atoms with van der Waals surface area (Å²) in [5.41, 5.74) is 0.533. The number of benzene rings is 1. The quantitative estimate of drug-likeness (QED) is 0.696. The minimum atomic E-state index is -4.78. The van der Waals surface area contributed by atoms with Crippen LogP contribution in [0.4, 0.5) is 17.6 Å². The fourth-order valence-corrected chi connectivity index (χ4v) is 1.38. The number of rotatable bonds is 3. The molecule has 0 N–H and O–H groups in total. The Hall–Kier alpha value is -0.770. The van der Waals surface area contributed by atoms with E-state index >= 15 is 0 Å². The molecule has 84 valence electrons. The topological polar surface area (TPSA) is 0 Å². The van der Waals surface area contributed by atoms with E-state index in [9.17, 15) is 17.6 Å². The Kier molecular flexibility index (Phi) is 3.97. The molecule has 0 spiro atoms. The molecule has 0 heterocycles. The minimum Gasteiger partial charge on any atom is -0.237 e. The van der Waals surface area contributed by atoms with E-state index in [1.807, 2.05) is 0 Å². The van der Waals surface area contributed by atoms with E-state index in [1.54, 1.807) is 24.3 Å². The molecule has 1 rings (SSSR count). The monoisotopic (exact) mass is 240 g/mol. The summed E-state index contributed by atoms with van der Waals surface area (Å²) < 4.78 is 48.1. The van der Waals surface area contributed by atoms with Gasteiger partial charge in [-0.15, -0.1) is 0 Å². The van der Waals surface area contributed by atoms with Crippen molar-refractivity contribution >= 4 is 11.6 Å². The molecule has 1 unspecified atom stereocenters. The number of alkyl halides is 4. The van der Waals surface area contributed by atoms with Crippen molar-refractivity contribution in [2.75, 3.05) is 0 Å². The Bertz CT molecular complexity index is 321. The van der Waals surface area contributed by atoms with Crippen LogP contribution in [0.25, 0.3) is 0 Å². The number of aryl methyl sites for hydroxylation is 1. The van der Waals surface area contributed by atoms with Crippen molar-refractivity contribution in [3.8, 4) is 0 Å². The molecule has 0 aliphatic heterocycles. The summed E-state index contributed by atoms with van der Waals surface area (Å²) in [5.74, 6) is 0. The first kappa shape index (κ1) is 12.3. The van der Waals surface area contributed by atoms with Crippen LogP contribution in [0, 0.1) is 0 Å². The van der Waals surface area contributed by atoms with E-state index in [4.69, 9.17) is 11.6 Å². The zero-order valence-electron chi connectivity index (χ0n) is 7.69. The predicted molar refractivity (Wildman–Crippen MR) is 50.7 cm³/mol. The standard InChI is InChI=1S/C10H9ClF4/c11-8-4-2-1-3-7(8)5-6-9(12)10(13,14)15/h1-4,9H,5-6H2. The lowest BCUT2D eigenvalue weighted by molar-refractivity contribution is -0.181. The van der Waals surface area contributed by atoms with Crippen LogP contribution < -0.4 is 0 Å². The molecule has 0 amide bonds. The second-order valence-corrected chi connectivity index (χ2v) is 3.55. The predicted octanol–water partition coefficient (Wildman–Crippen LogP) is 4.17. The van der Waals surface area contributed by atoms with Gasteiger partial charge in [0, 0.05) is 5.02 Å². The van der Waals surface area contributed by atoms with Crippen LogP contribution in [0.5, 0.6) is 0 Å². The summed E-state index contributed by atoms with van der Waals surface area (Å²) >= 11 is 5.72. The third kappa shape index (κ3) is 3.70. The summed E-state index contributed by atoms with van der Waals surface area (Å²) in [6, 6.07) is 6.48. The molecule has 15 heavy (non-hydrogen) atoms. The fraction of sp³-hybridized carbons (Fsp3) is 0.400. The lowest BCUT2D eigenvalue weighted by Crippen LogP contribution is -2.24. The van der Waals surface area contributed by atoms with Crippen molar-refractivity contribution in [1.82, 2.24) is 0 Å². The van der Waals surface area contributed by atoms with Crippen molar-refractivity contribution in [1.29, 1.82) is 0 Å². The smallest absolute Gasteiger partial charge is 0.237 e. The summed E-state index contributed by atoms with van der Waals surface area (Å²) in [7, 11) is 0. The van der Waals surface area contributed by atoms with Crippen LogP contribution in [0.15, 0.2) is 24.3 Å². The lowest BCUT2D eigenvalue weighted by Gasteiger charge is -2.12. The molecular formula is C10H9ClF4. The third-order valence-corrected chi connectivity index (χ3v) is 2.35. The van der Waals surface area contributed by atoms with E-state index in [2.05, 4.69) is 0 Å².